The number of anilines is 1. The number of benzene rings is 3. The molecule has 1 aliphatic rings. The molecule has 2 heterocycles. The molecule has 41 heavy (non-hydrogen) atoms. The van der Waals surface area contributed by atoms with E-state index in [1.807, 2.05) is 66.7 Å². The third kappa shape index (κ3) is 6.56. The van der Waals surface area contributed by atoms with E-state index in [1.54, 1.807) is 14.2 Å². The number of hydrogen-bond donors (Lipinski definition) is 1. The van der Waals surface area contributed by atoms with Gasteiger partial charge in [-0.15, -0.1) is 0 Å². The molecule has 0 saturated carbocycles. The fourth-order valence-corrected chi connectivity index (χ4v) is 5.11. The second kappa shape index (κ2) is 13.1. The molecule has 0 bridgehead atoms. The molecule has 1 saturated heterocycles. The maximum absolute atomic E-state index is 13.2. The number of ether oxygens (including phenoxy) is 2. The van der Waals surface area contributed by atoms with Crippen molar-refractivity contribution in [3.63, 3.8) is 0 Å². The van der Waals surface area contributed by atoms with E-state index in [0.717, 1.165) is 36.3 Å². The lowest BCUT2D eigenvalue weighted by Gasteiger charge is -2.36. The highest BCUT2D eigenvalue weighted by molar-refractivity contribution is 5.88. The summed E-state index contributed by atoms with van der Waals surface area (Å²) in [7, 11) is 3.27. The smallest absolute Gasteiger partial charge is 0.243 e. The Kier molecular flexibility index (Phi) is 8.92. The normalized spacial score (nSPS) is 14.3. The minimum Gasteiger partial charge on any atom is -0.493 e. The van der Waals surface area contributed by atoms with Gasteiger partial charge in [0.05, 0.1) is 31.3 Å². The molecule has 0 aliphatic carbocycles. The van der Waals surface area contributed by atoms with Gasteiger partial charge in [0.15, 0.2) is 23.2 Å². The maximum atomic E-state index is 13.2. The molecule has 0 radical (unpaired) electrons. The van der Waals surface area contributed by atoms with Gasteiger partial charge >= 0.3 is 0 Å². The maximum Gasteiger partial charge on any atom is 0.243 e. The fourth-order valence-electron chi connectivity index (χ4n) is 5.11. The van der Waals surface area contributed by atoms with Gasteiger partial charge in [-0.3, -0.25) is 9.69 Å². The Bertz CT molecular complexity index is 1530. The van der Waals surface area contributed by atoms with Crippen molar-refractivity contribution >= 4 is 22.8 Å². The van der Waals surface area contributed by atoms with Gasteiger partial charge < -0.3 is 19.7 Å². The van der Waals surface area contributed by atoms with Gasteiger partial charge in [-0.1, -0.05) is 48.5 Å². The van der Waals surface area contributed by atoms with Crippen molar-refractivity contribution in [1.82, 2.24) is 20.2 Å². The zero-order valence-corrected chi connectivity index (χ0v) is 23.4. The molecule has 210 valence electrons. The van der Waals surface area contributed by atoms with E-state index in [-0.39, 0.29) is 5.91 Å². The van der Waals surface area contributed by atoms with E-state index >= 15 is 0 Å². The number of nitriles is 1. The molecule has 9 nitrogen and oxygen atoms in total. The van der Waals surface area contributed by atoms with Crippen molar-refractivity contribution in [2.75, 3.05) is 51.8 Å². The number of aromatic nitrogens is 2. The SMILES string of the molecule is COc1ccc(CN2CCN(c3nc4ccccc4nc3[C@@H](C#N)C(=O)NCCc3ccccc3)CC2)cc1OC. The molecule has 5 rings (SSSR count). The first kappa shape index (κ1) is 27.9. The number of rotatable bonds is 10. The molecular weight excluding hydrogens is 516 g/mol. The van der Waals surface area contributed by atoms with E-state index in [9.17, 15) is 10.1 Å². The molecule has 1 atom stereocenters. The first-order valence-corrected chi connectivity index (χ1v) is 13.8. The zero-order chi connectivity index (χ0) is 28.6. The van der Waals surface area contributed by atoms with E-state index in [1.165, 1.54) is 0 Å². The minimum absolute atomic E-state index is 0.360. The van der Waals surface area contributed by atoms with Crippen LogP contribution in [0, 0.1) is 11.3 Å². The number of nitrogens with one attached hydrogen (secondary N) is 1. The molecule has 0 spiro atoms. The van der Waals surface area contributed by atoms with E-state index < -0.39 is 5.92 Å². The number of fused-ring (bicyclic) bond motifs is 1. The van der Waals surface area contributed by atoms with Gasteiger partial charge in [0, 0.05) is 39.3 Å². The molecule has 0 unspecified atom stereocenters. The summed E-state index contributed by atoms with van der Waals surface area (Å²) < 4.78 is 10.8. The third-order valence-corrected chi connectivity index (χ3v) is 7.32. The molecule has 4 aromatic rings. The summed E-state index contributed by atoms with van der Waals surface area (Å²) in [6, 6.07) is 25.7. The van der Waals surface area contributed by atoms with Crippen molar-refractivity contribution in [3.05, 3.63) is 89.6 Å². The van der Waals surface area contributed by atoms with Crippen molar-refractivity contribution in [2.24, 2.45) is 0 Å². The summed E-state index contributed by atoms with van der Waals surface area (Å²) in [5, 5.41) is 13.1. The highest BCUT2D eigenvalue weighted by Gasteiger charge is 2.30. The van der Waals surface area contributed by atoms with Gasteiger partial charge in [0.1, 0.15) is 5.69 Å². The van der Waals surface area contributed by atoms with Gasteiger partial charge in [0.25, 0.3) is 0 Å². The zero-order valence-electron chi connectivity index (χ0n) is 23.4. The molecule has 1 aromatic heterocycles. The van der Waals surface area contributed by atoms with Gasteiger partial charge in [-0.05, 0) is 41.8 Å². The number of methoxy groups -OCH3 is 2. The van der Waals surface area contributed by atoms with Crippen LogP contribution in [0.4, 0.5) is 5.82 Å². The molecule has 1 N–H and O–H groups in total. The summed E-state index contributed by atoms with van der Waals surface area (Å²) in [6.07, 6.45) is 0.684. The Hall–Kier alpha value is -4.68. The summed E-state index contributed by atoms with van der Waals surface area (Å²) in [5.41, 5.74) is 4.06. The Labute approximate surface area is 240 Å². The topological polar surface area (TPSA) is 104 Å². The van der Waals surface area contributed by atoms with Crippen molar-refractivity contribution in [1.29, 1.82) is 5.26 Å². The number of hydrogen-bond acceptors (Lipinski definition) is 8. The third-order valence-electron chi connectivity index (χ3n) is 7.32. The Morgan fingerprint density at radius 2 is 1.59 bits per heavy atom. The van der Waals surface area contributed by atoms with Crippen LogP contribution in [0.3, 0.4) is 0 Å². The van der Waals surface area contributed by atoms with Crippen LogP contribution in [0.25, 0.3) is 11.0 Å². The van der Waals surface area contributed by atoms with E-state index in [2.05, 4.69) is 27.3 Å². The second-order valence-electron chi connectivity index (χ2n) is 9.96. The Morgan fingerprint density at radius 1 is 0.902 bits per heavy atom. The van der Waals surface area contributed by atoms with Crippen LogP contribution in [-0.4, -0.2) is 67.7 Å². The molecule has 1 fully saturated rings. The number of nitrogens with zero attached hydrogens (tertiary/aromatic N) is 5. The molecule has 1 aliphatic heterocycles. The van der Waals surface area contributed by atoms with E-state index in [4.69, 9.17) is 19.4 Å². The monoisotopic (exact) mass is 550 g/mol. The van der Waals surface area contributed by atoms with Crippen LogP contribution in [0.2, 0.25) is 0 Å². The summed E-state index contributed by atoms with van der Waals surface area (Å²) >= 11 is 0. The van der Waals surface area contributed by atoms with Crippen molar-refractivity contribution < 1.29 is 14.3 Å². The Morgan fingerprint density at radius 3 is 2.27 bits per heavy atom. The van der Waals surface area contributed by atoms with Crippen LogP contribution >= 0.6 is 0 Å². The molecular formula is C32H34N6O3. The van der Waals surface area contributed by atoms with Crippen molar-refractivity contribution in [3.8, 4) is 17.6 Å². The standard InChI is InChI=1S/C32H34N6O3/c1-40-28-13-12-24(20-29(28)41-2)22-37-16-18-38(19-17-37)31-30(35-26-10-6-7-11-27(26)36-31)25(21-33)32(39)34-15-14-23-8-4-3-5-9-23/h3-13,20,25H,14-19,22H2,1-2H3,(H,34,39)/t25-/m1/s1. The lowest BCUT2D eigenvalue weighted by Crippen LogP contribution is -2.47. The van der Waals surface area contributed by atoms with Gasteiger partial charge in [-0.25, -0.2) is 9.97 Å². The predicted molar refractivity (Wildman–Crippen MR) is 158 cm³/mol. The van der Waals surface area contributed by atoms with Crippen LogP contribution in [0.1, 0.15) is 22.7 Å². The summed E-state index contributed by atoms with van der Waals surface area (Å²) in [4.78, 5) is 27.5. The van der Waals surface area contributed by atoms with Crippen LogP contribution in [0.15, 0.2) is 72.8 Å². The average Bonchev–Trinajstić information content (AvgIpc) is 3.02. The molecule has 1 amide bonds. The van der Waals surface area contributed by atoms with E-state index in [0.29, 0.717) is 54.6 Å². The van der Waals surface area contributed by atoms with Crippen LogP contribution in [-0.2, 0) is 17.8 Å². The number of piperazine rings is 1. The van der Waals surface area contributed by atoms with Gasteiger partial charge in [-0.2, -0.15) is 5.26 Å². The summed E-state index contributed by atoms with van der Waals surface area (Å²) in [6.45, 7) is 4.19. The molecule has 3 aromatic carbocycles. The number of carbonyl (C=O) groups is 1. The summed E-state index contributed by atoms with van der Waals surface area (Å²) in [5.74, 6) is 0.590. The van der Waals surface area contributed by atoms with Gasteiger partial charge in [0.2, 0.25) is 5.91 Å². The van der Waals surface area contributed by atoms with Crippen molar-refractivity contribution in [2.45, 2.75) is 18.9 Å². The number of para-hydroxylation sites is 2. The molecule has 9 heteroatoms. The van der Waals surface area contributed by atoms with Crippen LogP contribution < -0.4 is 19.7 Å². The van der Waals surface area contributed by atoms with Crippen LogP contribution in [0.5, 0.6) is 11.5 Å². The number of carbonyl (C=O) groups excluding carboxylic acids is 1. The highest BCUT2D eigenvalue weighted by Crippen LogP contribution is 2.30. The largest absolute Gasteiger partial charge is 0.493 e. The first-order valence-electron chi connectivity index (χ1n) is 13.8. The fraction of sp³-hybridized carbons (Fsp3) is 0.312. The Balaban J connectivity index is 1.31. The predicted octanol–water partition coefficient (Wildman–Crippen LogP) is 3.94. The minimum atomic E-state index is -1.07. The number of amides is 1. The lowest BCUT2D eigenvalue weighted by molar-refractivity contribution is -0.121. The lowest BCUT2D eigenvalue weighted by atomic mass is 10.0. The average molecular weight is 551 g/mol. The quantitative estimate of drug-likeness (QED) is 0.317. The first-order chi connectivity index (χ1) is 20.1. The second-order valence-corrected chi connectivity index (χ2v) is 9.96. The highest BCUT2D eigenvalue weighted by atomic mass is 16.5.